The maximum atomic E-state index is 8.82. The zero-order chi connectivity index (χ0) is 8.91. The fourth-order valence-corrected chi connectivity index (χ4v) is 0.698. The van der Waals surface area contributed by atoms with Crippen LogP contribution in [0.1, 0.15) is 40.5 Å². The number of allylic oxidation sites excluding steroid dienone is 2. The van der Waals surface area contributed by atoms with Crippen molar-refractivity contribution >= 4 is 0 Å². The average molecular weight is 151 g/mol. The molecule has 0 aromatic heterocycles. The smallest absolute Gasteiger partial charge is 0.0689 e. The number of nitriles is 1. The molecule has 0 heterocycles. The summed E-state index contributed by atoms with van der Waals surface area (Å²) in [6.45, 7) is 8.19. The normalized spacial score (nSPS) is 14.8. The van der Waals surface area contributed by atoms with E-state index in [9.17, 15) is 0 Å². The van der Waals surface area contributed by atoms with Crippen LogP contribution in [0.4, 0.5) is 0 Å². The van der Waals surface area contributed by atoms with Gasteiger partial charge in [-0.05, 0) is 33.6 Å². The van der Waals surface area contributed by atoms with Gasteiger partial charge < -0.3 is 0 Å². The van der Waals surface area contributed by atoms with E-state index in [1.54, 1.807) is 0 Å². The van der Waals surface area contributed by atoms with Gasteiger partial charge in [-0.15, -0.1) is 0 Å². The van der Waals surface area contributed by atoms with E-state index in [1.807, 2.05) is 6.92 Å². The summed E-state index contributed by atoms with van der Waals surface area (Å²) in [6, 6.07) is 2.34. The molecule has 1 nitrogen and oxygen atoms in total. The van der Waals surface area contributed by atoms with Crippen molar-refractivity contribution in [1.29, 1.82) is 5.26 Å². The fourth-order valence-electron chi connectivity index (χ4n) is 0.698. The lowest BCUT2D eigenvalue weighted by molar-refractivity contribution is 0.431. The fraction of sp³-hybridized carbons (Fsp3) is 0.700. The monoisotopic (exact) mass is 151 g/mol. The number of hydrogen-bond donors (Lipinski definition) is 0. The zero-order valence-corrected chi connectivity index (χ0v) is 7.94. The summed E-state index contributed by atoms with van der Waals surface area (Å²) in [5.74, 6) is 0. The first-order chi connectivity index (χ1) is 5.04. The molecule has 0 aromatic rings. The van der Waals surface area contributed by atoms with Crippen LogP contribution in [0.25, 0.3) is 0 Å². The molecule has 62 valence electrons. The zero-order valence-electron chi connectivity index (χ0n) is 7.94. The molecule has 11 heavy (non-hydrogen) atoms. The summed E-state index contributed by atoms with van der Waals surface area (Å²) >= 11 is 0. The minimum Gasteiger partial charge on any atom is -0.198 e. The van der Waals surface area contributed by atoms with Crippen molar-refractivity contribution in [2.45, 2.75) is 40.5 Å². The molecule has 0 saturated carbocycles. The van der Waals surface area contributed by atoms with Crippen molar-refractivity contribution in [3.8, 4) is 6.07 Å². The van der Waals surface area contributed by atoms with Crippen LogP contribution < -0.4 is 0 Å². The van der Waals surface area contributed by atoms with Gasteiger partial charge in [0.1, 0.15) is 0 Å². The van der Waals surface area contributed by atoms with E-state index in [2.05, 4.69) is 32.9 Å². The lowest BCUT2D eigenvalue weighted by Crippen LogP contribution is -2.10. The molecular weight excluding hydrogens is 134 g/mol. The quantitative estimate of drug-likeness (QED) is 0.568. The van der Waals surface area contributed by atoms with E-state index in [0.29, 0.717) is 0 Å². The van der Waals surface area contributed by atoms with Crippen LogP contribution in [-0.2, 0) is 0 Å². The summed E-state index contributed by atoms with van der Waals surface area (Å²) in [7, 11) is 0. The molecule has 0 N–H and O–H groups in total. The molecule has 0 radical (unpaired) electrons. The van der Waals surface area contributed by atoms with Crippen LogP contribution in [0.3, 0.4) is 0 Å². The van der Waals surface area contributed by atoms with Crippen LogP contribution in [0.5, 0.6) is 0 Å². The van der Waals surface area contributed by atoms with Gasteiger partial charge in [0, 0.05) is 0 Å². The lowest BCUT2D eigenvalue weighted by atomic mass is 9.85. The van der Waals surface area contributed by atoms with E-state index in [1.165, 1.54) is 5.57 Å². The first kappa shape index (κ1) is 10.2. The Morgan fingerprint density at radius 2 is 2.09 bits per heavy atom. The maximum Gasteiger partial charge on any atom is 0.0689 e. The molecule has 0 rings (SSSR count). The summed E-state index contributed by atoms with van der Waals surface area (Å²) in [6.07, 6.45) is 3.93. The Labute approximate surface area is 69.7 Å². The summed E-state index contributed by atoms with van der Waals surface area (Å²) in [4.78, 5) is 0. The Morgan fingerprint density at radius 3 is 2.36 bits per heavy atom. The Morgan fingerprint density at radius 1 is 1.55 bits per heavy atom. The molecule has 0 spiro atoms. The van der Waals surface area contributed by atoms with Crippen LogP contribution in [0, 0.1) is 16.7 Å². The second kappa shape index (κ2) is 4.18. The Bertz CT molecular complexity index is 182. The van der Waals surface area contributed by atoms with Crippen molar-refractivity contribution < 1.29 is 0 Å². The average Bonchev–Trinajstić information content (AvgIpc) is 2.00. The second-order valence-electron chi connectivity index (χ2n) is 3.51. The van der Waals surface area contributed by atoms with Gasteiger partial charge in [-0.2, -0.15) is 5.26 Å². The molecule has 1 heteroatoms. The van der Waals surface area contributed by atoms with Gasteiger partial charge in [0.15, 0.2) is 0 Å². The van der Waals surface area contributed by atoms with Crippen molar-refractivity contribution in [2.75, 3.05) is 0 Å². The highest BCUT2D eigenvalue weighted by Gasteiger charge is 2.18. The molecule has 0 aliphatic carbocycles. The van der Waals surface area contributed by atoms with Gasteiger partial charge in [0.2, 0.25) is 0 Å². The summed E-state index contributed by atoms with van der Waals surface area (Å²) < 4.78 is 0. The van der Waals surface area contributed by atoms with Crippen LogP contribution in [0.2, 0.25) is 0 Å². The minimum atomic E-state index is -0.155. The SMILES string of the molecule is CCC(C)(C#N)CC=C(C)C. The number of hydrogen-bond acceptors (Lipinski definition) is 1. The predicted octanol–water partition coefficient (Wildman–Crippen LogP) is 3.28. The van der Waals surface area contributed by atoms with Crippen LogP contribution in [0.15, 0.2) is 11.6 Å². The highest BCUT2D eigenvalue weighted by atomic mass is 14.3. The lowest BCUT2D eigenvalue weighted by Gasteiger charge is -2.16. The molecule has 0 bridgehead atoms. The predicted molar refractivity (Wildman–Crippen MR) is 48.1 cm³/mol. The first-order valence-electron chi connectivity index (χ1n) is 4.08. The van der Waals surface area contributed by atoms with Gasteiger partial charge in [-0.1, -0.05) is 18.6 Å². The van der Waals surface area contributed by atoms with Crippen LogP contribution >= 0.6 is 0 Å². The standard InChI is InChI=1S/C10H17N/c1-5-10(4,8-11)7-6-9(2)3/h6H,5,7H2,1-4H3. The van der Waals surface area contributed by atoms with Crippen molar-refractivity contribution in [2.24, 2.45) is 5.41 Å². The molecule has 1 unspecified atom stereocenters. The molecule has 0 aromatic carbocycles. The van der Waals surface area contributed by atoms with E-state index >= 15 is 0 Å². The summed E-state index contributed by atoms with van der Waals surface area (Å²) in [5.41, 5.74) is 1.14. The van der Waals surface area contributed by atoms with Crippen molar-refractivity contribution in [3.63, 3.8) is 0 Å². The van der Waals surface area contributed by atoms with E-state index in [4.69, 9.17) is 5.26 Å². The van der Waals surface area contributed by atoms with Crippen molar-refractivity contribution in [3.05, 3.63) is 11.6 Å². The molecule has 1 atom stereocenters. The Hall–Kier alpha value is -0.770. The molecule has 0 saturated heterocycles. The third kappa shape index (κ3) is 3.83. The van der Waals surface area contributed by atoms with Gasteiger partial charge >= 0.3 is 0 Å². The molecular formula is C10H17N. The Kier molecular flexibility index (Phi) is 3.89. The van der Waals surface area contributed by atoms with E-state index < -0.39 is 0 Å². The van der Waals surface area contributed by atoms with Gasteiger partial charge in [-0.25, -0.2) is 0 Å². The third-order valence-electron chi connectivity index (χ3n) is 2.01. The Balaban J connectivity index is 4.12. The third-order valence-corrected chi connectivity index (χ3v) is 2.01. The van der Waals surface area contributed by atoms with Gasteiger partial charge in [-0.3, -0.25) is 0 Å². The molecule has 0 aliphatic heterocycles. The van der Waals surface area contributed by atoms with E-state index in [-0.39, 0.29) is 5.41 Å². The van der Waals surface area contributed by atoms with Gasteiger partial charge in [0.25, 0.3) is 0 Å². The number of nitrogens with zero attached hydrogens (tertiary/aromatic N) is 1. The van der Waals surface area contributed by atoms with E-state index in [0.717, 1.165) is 12.8 Å². The topological polar surface area (TPSA) is 23.8 Å². The minimum absolute atomic E-state index is 0.155. The highest BCUT2D eigenvalue weighted by molar-refractivity contribution is 5.03. The largest absolute Gasteiger partial charge is 0.198 e. The second-order valence-corrected chi connectivity index (χ2v) is 3.51. The molecule has 0 fully saturated rings. The van der Waals surface area contributed by atoms with Crippen LogP contribution in [-0.4, -0.2) is 0 Å². The first-order valence-corrected chi connectivity index (χ1v) is 4.08. The van der Waals surface area contributed by atoms with Gasteiger partial charge in [0.05, 0.1) is 11.5 Å². The molecule has 0 aliphatic rings. The van der Waals surface area contributed by atoms with Crippen molar-refractivity contribution in [1.82, 2.24) is 0 Å². The maximum absolute atomic E-state index is 8.82. The number of rotatable bonds is 3. The summed E-state index contributed by atoms with van der Waals surface area (Å²) in [5, 5.41) is 8.82. The highest BCUT2D eigenvalue weighted by Crippen LogP contribution is 2.25. The molecule has 0 amide bonds.